The maximum absolute atomic E-state index is 12.5. The van der Waals surface area contributed by atoms with Crippen LogP contribution in [0.25, 0.3) is 0 Å². The van der Waals surface area contributed by atoms with Crippen LogP contribution < -0.4 is 10.4 Å². The Hall–Kier alpha value is -1.79. The first-order valence-corrected chi connectivity index (χ1v) is 7.83. The molecule has 3 rings (SSSR count). The maximum atomic E-state index is 12.5. The van der Waals surface area contributed by atoms with Crippen LogP contribution >= 0.6 is 11.8 Å². The van der Waals surface area contributed by atoms with Crippen molar-refractivity contribution in [2.45, 2.75) is 17.1 Å². The van der Waals surface area contributed by atoms with E-state index in [0.717, 1.165) is 4.90 Å². The number of hydrogen-bond donors (Lipinski definition) is 1. The highest BCUT2D eigenvalue weighted by Gasteiger charge is 2.50. The van der Waals surface area contributed by atoms with Gasteiger partial charge in [0, 0.05) is 16.8 Å². The summed E-state index contributed by atoms with van der Waals surface area (Å²) in [6.45, 7) is 0. The van der Waals surface area contributed by atoms with Gasteiger partial charge in [0.1, 0.15) is 0 Å². The molecule has 1 fully saturated rings. The largest absolute Gasteiger partial charge is 0.550 e. The summed E-state index contributed by atoms with van der Waals surface area (Å²) in [6.07, 6.45) is 4.30. The van der Waals surface area contributed by atoms with Gasteiger partial charge in [0.2, 0.25) is 5.91 Å². The summed E-state index contributed by atoms with van der Waals surface area (Å²) in [5.74, 6) is -3.27. The second-order valence-electron chi connectivity index (χ2n) is 5.01. The van der Waals surface area contributed by atoms with Crippen molar-refractivity contribution in [3.63, 3.8) is 0 Å². The maximum Gasteiger partial charge on any atom is 0.231 e. The quantitative estimate of drug-likeness (QED) is 0.653. The van der Waals surface area contributed by atoms with Gasteiger partial charge in [-0.05, 0) is 18.4 Å². The monoisotopic (exact) mass is 304 g/mol. The molecule has 0 radical (unpaired) electrons. The minimum absolute atomic E-state index is 0.345. The predicted molar refractivity (Wildman–Crippen MR) is 76.6 cm³/mol. The highest BCUT2D eigenvalue weighted by molar-refractivity contribution is 7.98. The molecule has 0 saturated carbocycles. The average molecular weight is 304 g/mol. The Kier molecular flexibility index (Phi) is 3.73. The van der Waals surface area contributed by atoms with E-state index in [1.807, 2.05) is 24.5 Å². The lowest BCUT2D eigenvalue weighted by molar-refractivity contribution is -0.313. The number of carbonyl (C=O) groups excluding carboxylic acids is 2. The minimum atomic E-state index is -1.25. The number of benzene rings is 1. The Bertz CT molecular complexity index is 615. The normalized spacial score (nSPS) is 29.6. The summed E-state index contributed by atoms with van der Waals surface area (Å²) in [5, 5.41) is 14.1. The lowest BCUT2D eigenvalue weighted by Gasteiger charge is -2.25. The molecular weight excluding hydrogens is 290 g/mol. The number of rotatable bonds is 4. The summed E-state index contributed by atoms with van der Waals surface area (Å²) >= 11 is 1.51. The number of amides is 1. The van der Waals surface area contributed by atoms with E-state index < -0.39 is 30.0 Å². The molecular formula is C15H14NO4S-. The van der Waals surface area contributed by atoms with Crippen molar-refractivity contribution in [3.8, 4) is 0 Å². The Morgan fingerprint density at radius 3 is 2.52 bits per heavy atom. The summed E-state index contributed by atoms with van der Waals surface area (Å²) < 4.78 is 5.48. The standard InChI is InChI=1S/C15H15NO4S/c1-21-11-5-3-2-4-8(11)16-14(17)12-9-6-7-10(20-9)13(12)15(18)19/h2-7,9-10,12-13H,1H3,(H,16,17)(H,18,19)/p-1/t9-,10+,12-,13-/m0/s1. The highest BCUT2D eigenvalue weighted by Crippen LogP contribution is 2.39. The van der Waals surface area contributed by atoms with Crippen LogP contribution in [0, 0.1) is 11.8 Å². The van der Waals surface area contributed by atoms with E-state index >= 15 is 0 Å². The number of nitrogens with one attached hydrogen (secondary N) is 1. The molecule has 1 amide bonds. The van der Waals surface area contributed by atoms with E-state index in [1.54, 1.807) is 18.2 Å². The first-order chi connectivity index (χ1) is 10.1. The summed E-state index contributed by atoms with van der Waals surface area (Å²) in [4.78, 5) is 24.7. The summed E-state index contributed by atoms with van der Waals surface area (Å²) in [7, 11) is 0. The number of ether oxygens (including phenoxy) is 1. The molecule has 0 spiro atoms. The highest BCUT2D eigenvalue weighted by atomic mass is 32.2. The van der Waals surface area contributed by atoms with Crippen LogP contribution in [0.4, 0.5) is 5.69 Å². The molecule has 2 aliphatic heterocycles. The van der Waals surface area contributed by atoms with Crippen molar-refractivity contribution in [2.24, 2.45) is 11.8 Å². The fourth-order valence-corrected chi connectivity index (χ4v) is 3.42. The Labute approximate surface area is 126 Å². The molecule has 21 heavy (non-hydrogen) atoms. The molecule has 5 nitrogen and oxygen atoms in total. The van der Waals surface area contributed by atoms with E-state index in [0.29, 0.717) is 5.69 Å². The van der Waals surface area contributed by atoms with Crippen molar-refractivity contribution in [3.05, 3.63) is 36.4 Å². The van der Waals surface area contributed by atoms with Gasteiger partial charge in [-0.15, -0.1) is 11.8 Å². The van der Waals surface area contributed by atoms with E-state index in [4.69, 9.17) is 4.74 Å². The van der Waals surface area contributed by atoms with Gasteiger partial charge in [-0.2, -0.15) is 0 Å². The van der Waals surface area contributed by atoms with Gasteiger partial charge in [0.25, 0.3) is 0 Å². The van der Waals surface area contributed by atoms with E-state index in [-0.39, 0.29) is 5.91 Å². The fourth-order valence-electron chi connectivity index (χ4n) is 2.87. The van der Waals surface area contributed by atoms with Crippen molar-refractivity contribution < 1.29 is 19.4 Å². The Morgan fingerprint density at radius 2 is 1.86 bits per heavy atom. The second-order valence-corrected chi connectivity index (χ2v) is 5.86. The molecule has 6 heteroatoms. The van der Waals surface area contributed by atoms with Crippen LogP contribution in [0.15, 0.2) is 41.3 Å². The zero-order valence-corrected chi connectivity index (χ0v) is 12.1. The zero-order valence-electron chi connectivity index (χ0n) is 11.3. The number of thioether (sulfide) groups is 1. The summed E-state index contributed by atoms with van der Waals surface area (Å²) in [6, 6.07) is 7.40. The van der Waals surface area contributed by atoms with Crippen LogP contribution in [-0.2, 0) is 14.3 Å². The van der Waals surface area contributed by atoms with Gasteiger partial charge < -0.3 is 20.0 Å². The first-order valence-electron chi connectivity index (χ1n) is 6.60. The SMILES string of the molecule is CSc1ccccc1NC(=O)[C@@H]1[C@@H](C(=O)[O-])[C@H]2C=C[C@@H]1O2. The lowest BCUT2D eigenvalue weighted by Crippen LogP contribution is -2.45. The van der Waals surface area contributed by atoms with Crippen molar-refractivity contribution >= 4 is 29.3 Å². The number of aliphatic carboxylic acids is 1. The number of para-hydroxylation sites is 1. The molecule has 2 aliphatic rings. The molecule has 2 bridgehead atoms. The van der Waals surface area contributed by atoms with Crippen molar-refractivity contribution in [1.82, 2.24) is 0 Å². The molecule has 0 aromatic heterocycles. The van der Waals surface area contributed by atoms with Crippen LogP contribution in [0.5, 0.6) is 0 Å². The van der Waals surface area contributed by atoms with Gasteiger partial charge in [0.05, 0.1) is 23.8 Å². The molecule has 110 valence electrons. The third kappa shape index (κ3) is 2.45. The molecule has 2 heterocycles. The van der Waals surface area contributed by atoms with Crippen molar-refractivity contribution in [2.75, 3.05) is 11.6 Å². The third-order valence-electron chi connectivity index (χ3n) is 3.84. The molecule has 1 aromatic carbocycles. The van der Waals surface area contributed by atoms with Crippen LogP contribution in [0.1, 0.15) is 0 Å². The molecule has 1 N–H and O–H groups in total. The van der Waals surface area contributed by atoms with Crippen molar-refractivity contribution in [1.29, 1.82) is 0 Å². The van der Waals surface area contributed by atoms with Gasteiger partial charge in [-0.1, -0.05) is 24.3 Å². The van der Waals surface area contributed by atoms with Crippen LogP contribution in [0.2, 0.25) is 0 Å². The van der Waals surface area contributed by atoms with E-state index in [2.05, 4.69) is 5.32 Å². The Balaban J connectivity index is 1.82. The van der Waals surface area contributed by atoms with Gasteiger partial charge >= 0.3 is 0 Å². The van der Waals surface area contributed by atoms with Crippen LogP contribution in [0.3, 0.4) is 0 Å². The minimum Gasteiger partial charge on any atom is -0.550 e. The number of hydrogen-bond acceptors (Lipinski definition) is 5. The predicted octanol–water partition coefficient (Wildman–Crippen LogP) is 0.666. The first kappa shape index (κ1) is 14.2. The number of carboxylic acid groups (broad SMARTS) is 1. The zero-order chi connectivity index (χ0) is 15.0. The van der Waals surface area contributed by atoms with E-state index in [9.17, 15) is 14.7 Å². The number of fused-ring (bicyclic) bond motifs is 2. The Morgan fingerprint density at radius 1 is 1.19 bits per heavy atom. The second kappa shape index (κ2) is 5.54. The smallest absolute Gasteiger partial charge is 0.231 e. The van der Waals surface area contributed by atoms with Crippen LogP contribution in [-0.4, -0.2) is 30.3 Å². The third-order valence-corrected chi connectivity index (χ3v) is 4.64. The van der Waals surface area contributed by atoms with Gasteiger partial charge in [-0.25, -0.2) is 0 Å². The van der Waals surface area contributed by atoms with Gasteiger partial charge in [-0.3, -0.25) is 4.79 Å². The number of carboxylic acids is 1. The average Bonchev–Trinajstić information content (AvgIpc) is 3.08. The topological polar surface area (TPSA) is 78.5 Å². The summed E-state index contributed by atoms with van der Waals surface area (Å²) in [5.41, 5.74) is 0.679. The molecule has 0 aliphatic carbocycles. The lowest BCUT2D eigenvalue weighted by atomic mass is 9.82. The number of anilines is 1. The molecule has 0 unspecified atom stereocenters. The molecule has 1 aromatic rings. The molecule has 1 saturated heterocycles. The van der Waals surface area contributed by atoms with E-state index in [1.165, 1.54) is 11.8 Å². The van der Waals surface area contributed by atoms with Gasteiger partial charge in [0.15, 0.2) is 0 Å². The molecule has 4 atom stereocenters. The fraction of sp³-hybridized carbons (Fsp3) is 0.333. The number of carbonyl (C=O) groups is 2.